The van der Waals surface area contributed by atoms with Gasteiger partial charge in [-0.2, -0.15) is 5.10 Å². The number of aromatic nitrogens is 4. The minimum atomic E-state index is -0.205. The lowest BCUT2D eigenvalue weighted by Gasteiger charge is -2.16. The highest BCUT2D eigenvalue weighted by molar-refractivity contribution is 5.40. The van der Waals surface area contributed by atoms with E-state index in [1.165, 1.54) is 0 Å². The SMILES string of the molecule is Cc1cc(C)n(-c2cncc(NC(C)c3ccc(C)c(F)c3)n2)n1. The summed E-state index contributed by atoms with van der Waals surface area (Å²) in [4.78, 5) is 8.79. The fraction of sp³-hybridized carbons (Fsp3) is 0.278. The summed E-state index contributed by atoms with van der Waals surface area (Å²) in [5.74, 6) is 1.06. The molecule has 1 aromatic carbocycles. The Morgan fingerprint density at radius 2 is 1.92 bits per heavy atom. The van der Waals surface area contributed by atoms with Crippen molar-refractivity contribution in [3.05, 3.63) is 65.0 Å². The molecule has 0 aliphatic carbocycles. The highest BCUT2D eigenvalue weighted by Crippen LogP contribution is 2.20. The van der Waals surface area contributed by atoms with Crippen LogP contribution in [0.2, 0.25) is 0 Å². The van der Waals surface area contributed by atoms with Crippen LogP contribution in [0.5, 0.6) is 0 Å². The molecule has 3 rings (SSSR count). The van der Waals surface area contributed by atoms with Crippen LogP contribution in [0.4, 0.5) is 10.2 Å². The molecule has 0 saturated carbocycles. The number of benzene rings is 1. The predicted octanol–water partition coefficient (Wildman–Crippen LogP) is 3.90. The van der Waals surface area contributed by atoms with Crippen LogP contribution < -0.4 is 5.32 Å². The Morgan fingerprint density at radius 3 is 2.58 bits per heavy atom. The molecule has 0 saturated heterocycles. The number of nitrogens with zero attached hydrogens (tertiary/aromatic N) is 4. The number of nitrogens with one attached hydrogen (secondary N) is 1. The normalized spacial score (nSPS) is 12.2. The van der Waals surface area contributed by atoms with Crippen molar-refractivity contribution < 1.29 is 4.39 Å². The Balaban J connectivity index is 1.84. The highest BCUT2D eigenvalue weighted by Gasteiger charge is 2.11. The van der Waals surface area contributed by atoms with Gasteiger partial charge in [0.2, 0.25) is 0 Å². The molecule has 5 nitrogen and oxygen atoms in total. The van der Waals surface area contributed by atoms with Crippen LogP contribution in [0.1, 0.15) is 35.5 Å². The first-order valence-electron chi connectivity index (χ1n) is 7.82. The number of hydrogen-bond acceptors (Lipinski definition) is 4. The standard InChI is InChI=1S/C18H20FN5/c1-11-5-6-15(8-16(11)19)14(4)21-17-9-20-10-18(22-17)24-13(3)7-12(2)23-24/h5-10,14H,1-4H3,(H,21,22). The quantitative estimate of drug-likeness (QED) is 0.790. The number of anilines is 1. The van der Waals surface area contributed by atoms with Crippen molar-refractivity contribution in [1.82, 2.24) is 19.7 Å². The monoisotopic (exact) mass is 325 g/mol. The molecule has 0 fully saturated rings. The topological polar surface area (TPSA) is 55.6 Å². The first-order chi connectivity index (χ1) is 11.4. The van der Waals surface area contributed by atoms with E-state index < -0.39 is 0 Å². The maximum atomic E-state index is 13.7. The van der Waals surface area contributed by atoms with Crippen molar-refractivity contribution in [2.45, 2.75) is 33.7 Å². The average Bonchev–Trinajstić information content (AvgIpc) is 2.89. The molecular formula is C18H20FN5. The minimum Gasteiger partial charge on any atom is -0.362 e. The van der Waals surface area contributed by atoms with Crippen molar-refractivity contribution in [2.24, 2.45) is 0 Å². The van der Waals surface area contributed by atoms with E-state index in [4.69, 9.17) is 0 Å². The molecule has 0 spiro atoms. The van der Waals surface area contributed by atoms with Crippen molar-refractivity contribution in [3.63, 3.8) is 0 Å². The van der Waals surface area contributed by atoms with Gasteiger partial charge < -0.3 is 5.32 Å². The third-order valence-electron chi connectivity index (χ3n) is 3.91. The van der Waals surface area contributed by atoms with E-state index in [0.29, 0.717) is 17.2 Å². The maximum Gasteiger partial charge on any atom is 0.174 e. The Bertz CT molecular complexity index is 872. The molecule has 2 aromatic heterocycles. The molecule has 124 valence electrons. The van der Waals surface area contributed by atoms with E-state index in [-0.39, 0.29) is 11.9 Å². The fourth-order valence-electron chi connectivity index (χ4n) is 2.57. The van der Waals surface area contributed by atoms with Crippen LogP contribution in [-0.2, 0) is 0 Å². The summed E-state index contributed by atoms with van der Waals surface area (Å²) in [6.45, 7) is 7.62. The number of halogens is 1. The van der Waals surface area contributed by atoms with Gasteiger partial charge in [0, 0.05) is 5.69 Å². The summed E-state index contributed by atoms with van der Waals surface area (Å²) in [6.07, 6.45) is 3.32. The number of rotatable bonds is 4. The molecule has 6 heteroatoms. The second-order valence-electron chi connectivity index (χ2n) is 5.98. The predicted molar refractivity (Wildman–Crippen MR) is 91.8 cm³/mol. The average molecular weight is 325 g/mol. The van der Waals surface area contributed by atoms with Gasteiger partial charge in [0.15, 0.2) is 5.82 Å². The van der Waals surface area contributed by atoms with Crippen molar-refractivity contribution in [3.8, 4) is 5.82 Å². The van der Waals surface area contributed by atoms with Gasteiger partial charge in [-0.15, -0.1) is 0 Å². The van der Waals surface area contributed by atoms with Gasteiger partial charge in [0.1, 0.15) is 11.6 Å². The molecule has 1 unspecified atom stereocenters. The van der Waals surface area contributed by atoms with E-state index >= 15 is 0 Å². The zero-order chi connectivity index (χ0) is 17.3. The lowest BCUT2D eigenvalue weighted by atomic mass is 10.1. The molecule has 0 aliphatic rings. The number of hydrogen-bond donors (Lipinski definition) is 1. The third kappa shape index (κ3) is 3.27. The minimum absolute atomic E-state index is 0.0925. The van der Waals surface area contributed by atoms with Crippen molar-refractivity contribution in [2.75, 3.05) is 5.32 Å². The van der Waals surface area contributed by atoms with Gasteiger partial charge in [-0.25, -0.2) is 14.1 Å². The van der Waals surface area contributed by atoms with Gasteiger partial charge in [-0.1, -0.05) is 12.1 Å². The third-order valence-corrected chi connectivity index (χ3v) is 3.91. The summed E-state index contributed by atoms with van der Waals surface area (Å²) in [5, 5.41) is 7.68. The zero-order valence-electron chi connectivity index (χ0n) is 14.2. The molecular weight excluding hydrogens is 305 g/mol. The first kappa shape index (κ1) is 16.1. The molecule has 1 N–H and O–H groups in total. The van der Waals surface area contributed by atoms with Crippen LogP contribution in [0.3, 0.4) is 0 Å². The van der Waals surface area contributed by atoms with Gasteiger partial charge in [0.05, 0.1) is 24.1 Å². The van der Waals surface area contributed by atoms with Crippen LogP contribution >= 0.6 is 0 Å². The molecule has 24 heavy (non-hydrogen) atoms. The lowest BCUT2D eigenvalue weighted by molar-refractivity contribution is 0.614. The van der Waals surface area contributed by atoms with Gasteiger partial charge in [-0.05, 0) is 51.0 Å². The Labute approximate surface area is 140 Å². The van der Waals surface area contributed by atoms with Crippen LogP contribution in [-0.4, -0.2) is 19.7 Å². The summed E-state index contributed by atoms with van der Waals surface area (Å²) in [5.41, 5.74) is 3.41. The van der Waals surface area contributed by atoms with E-state index in [1.54, 1.807) is 36.1 Å². The number of aryl methyl sites for hydroxylation is 3. The molecule has 1 atom stereocenters. The summed E-state index contributed by atoms with van der Waals surface area (Å²) < 4.78 is 15.5. The fourth-order valence-corrected chi connectivity index (χ4v) is 2.57. The van der Waals surface area contributed by atoms with Crippen molar-refractivity contribution in [1.29, 1.82) is 0 Å². The van der Waals surface area contributed by atoms with Gasteiger partial charge in [-0.3, -0.25) is 4.98 Å². The van der Waals surface area contributed by atoms with Gasteiger partial charge >= 0.3 is 0 Å². The van der Waals surface area contributed by atoms with Crippen LogP contribution in [0.15, 0.2) is 36.7 Å². The van der Waals surface area contributed by atoms with Crippen LogP contribution in [0.25, 0.3) is 5.82 Å². The summed E-state index contributed by atoms with van der Waals surface area (Å²) in [7, 11) is 0. The lowest BCUT2D eigenvalue weighted by Crippen LogP contribution is -2.11. The Hall–Kier alpha value is -2.76. The van der Waals surface area contributed by atoms with Crippen LogP contribution in [0, 0.1) is 26.6 Å². The largest absolute Gasteiger partial charge is 0.362 e. The Kier molecular flexibility index (Phi) is 4.29. The second kappa shape index (κ2) is 6.39. The Morgan fingerprint density at radius 1 is 1.12 bits per heavy atom. The van der Waals surface area contributed by atoms with E-state index in [2.05, 4.69) is 20.4 Å². The summed E-state index contributed by atoms with van der Waals surface area (Å²) in [6, 6.07) is 7.13. The molecule has 0 radical (unpaired) electrons. The zero-order valence-corrected chi connectivity index (χ0v) is 14.2. The van der Waals surface area contributed by atoms with E-state index in [1.807, 2.05) is 32.9 Å². The van der Waals surface area contributed by atoms with E-state index in [0.717, 1.165) is 17.0 Å². The molecule has 3 aromatic rings. The van der Waals surface area contributed by atoms with Gasteiger partial charge in [0.25, 0.3) is 0 Å². The molecule has 0 amide bonds. The maximum absolute atomic E-state index is 13.7. The summed E-state index contributed by atoms with van der Waals surface area (Å²) >= 11 is 0. The van der Waals surface area contributed by atoms with E-state index in [9.17, 15) is 4.39 Å². The molecule has 0 aliphatic heterocycles. The molecule has 0 bridgehead atoms. The first-order valence-corrected chi connectivity index (χ1v) is 7.82. The molecule has 2 heterocycles. The second-order valence-corrected chi connectivity index (χ2v) is 5.98. The van der Waals surface area contributed by atoms with Crippen molar-refractivity contribution >= 4 is 5.82 Å². The smallest absolute Gasteiger partial charge is 0.174 e. The highest BCUT2D eigenvalue weighted by atomic mass is 19.1.